The summed E-state index contributed by atoms with van der Waals surface area (Å²) in [6, 6.07) is 3.67. The van der Waals surface area contributed by atoms with Gasteiger partial charge in [0.05, 0.1) is 0 Å². The minimum atomic E-state index is -0.529. The van der Waals surface area contributed by atoms with E-state index in [9.17, 15) is 8.78 Å². The third kappa shape index (κ3) is 3.31. The highest BCUT2D eigenvalue weighted by atomic mass is 35.5. The van der Waals surface area contributed by atoms with Gasteiger partial charge < -0.3 is 0 Å². The van der Waals surface area contributed by atoms with E-state index in [0.29, 0.717) is 17.9 Å². The smallest absolute Gasteiger partial charge is 0.129 e. The fourth-order valence-electron chi connectivity index (χ4n) is 1.13. The SMILES string of the molecule is Fc1ccc(CCCCCl)c(F)c1. The van der Waals surface area contributed by atoms with Crippen LogP contribution in [0.1, 0.15) is 18.4 Å². The zero-order valence-electron chi connectivity index (χ0n) is 7.19. The first-order valence-corrected chi connectivity index (χ1v) is 4.77. The molecule has 0 radical (unpaired) electrons. The molecule has 0 unspecified atom stereocenters. The molecule has 0 spiro atoms. The second kappa shape index (κ2) is 5.18. The summed E-state index contributed by atoms with van der Waals surface area (Å²) in [5.41, 5.74) is 0.562. The Kier molecular flexibility index (Phi) is 4.16. The molecule has 3 heteroatoms. The number of alkyl halides is 1. The molecule has 0 atom stereocenters. The van der Waals surface area contributed by atoms with Crippen LogP contribution in [0.15, 0.2) is 18.2 Å². The average Bonchev–Trinajstić information content (AvgIpc) is 2.09. The Labute approximate surface area is 81.5 Å². The molecule has 0 saturated heterocycles. The fourth-order valence-corrected chi connectivity index (χ4v) is 1.32. The molecule has 72 valence electrons. The van der Waals surface area contributed by atoms with Crippen molar-refractivity contribution in [3.8, 4) is 0 Å². The van der Waals surface area contributed by atoms with Crippen molar-refractivity contribution < 1.29 is 8.78 Å². The number of benzene rings is 1. The summed E-state index contributed by atoms with van der Waals surface area (Å²) in [4.78, 5) is 0. The van der Waals surface area contributed by atoms with Crippen molar-refractivity contribution in [3.05, 3.63) is 35.4 Å². The van der Waals surface area contributed by atoms with Crippen molar-refractivity contribution in [2.45, 2.75) is 19.3 Å². The third-order valence-electron chi connectivity index (χ3n) is 1.84. The van der Waals surface area contributed by atoms with E-state index in [1.165, 1.54) is 12.1 Å². The van der Waals surface area contributed by atoms with Crippen LogP contribution in [-0.4, -0.2) is 5.88 Å². The molecule has 0 heterocycles. The van der Waals surface area contributed by atoms with Gasteiger partial charge >= 0.3 is 0 Å². The van der Waals surface area contributed by atoms with Crippen LogP contribution in [0, 0.1) is 11.6 Å². The average molecular weight is 205 g/mol. The van der Waals surface area contributed by atoms with E-state index in [4.69, 9.17) is 11.6 Å². The molecule has 1 aromatic carbocycles. The highest BCUT2D eigenvalue weighted by Crippen LogP contribution is 2.12. The summed E-state index contributed by atoms with van der Waals surface area (Å²) in [5.74, 6) is -0.406. The van der Waals surface area contributed by atoms with Gasteiger partial charge in [0, 0.05) is 11.9 Å². The summed E-state index contributed by atoms with van der Waals surface area (Å²) in [6.07, 6.45) is 2.32. The van der Waals surface area contributed by atoms with E-state index < -0.39 is 11.6 Å². The molecule has 1 aromatic rings. The normalized spacial score (nSPS) is 10.4. The minimum Gasteiger partial charge on any atom is -0.207 e. The number of hydrogen-bond acceptors (Lipinski definition) is 0. The molecule has 0 amide bonds. The maximum Gasteiger partial charge on any atom is 0.129 e. The van der Waals surface area contributed by atoms with Crippen molar-refractivity contribution in [2.24, 2.45) is 0 Å². The van der Waals surface area contributed by atoms with Crippen molar-refractivity contribution in [1.29, 1.82) is 0 Å². The highest BCUT2D eigenvalue weighted by molar-refractivity contribution is 6.17. The van der Waals surface area contributed by atoms with Gasteiger partial charge in [-0.3, -0.25) is 0 Å². The molecule has 0 N–H and O–H groups in total. The minimum absolute atomic E-state index is 0.463. The molecular weight excluding hydrogens is 194 g/mol. The maximum absolute atomic E-state index is 13.0. The summed E-state index contributed by atoms with van der Waals surface area (Å²) < 4.78 is 25.5. The van der Waals surface area contributed by atoms with Gasteiger partial charge in [-0.2, -0.15) is 0 Å². The van der Waals surface area contributed by atoms with Crippen LogP contribution >= 0.6 is 11.6 Å². The van der Waals surface area contributed by atoms with Gasteiger partial charge in [-0.15, -0.1) is 11.6 Å². The number of aryl methyl sites for hydroxylation is 1. The summed E-state index contributed by atoms with van der Waals surface area (Å²) >= 11 is 5.48. The Hall–Kier alpha value is -0.630. The lowest BCUT2D eigenvalue weighted by Gasteiger charge is -2.01. The zero-order chi connectivity index (χ0) is 9.68. The number of rotatable bonds is 4. The van der Waals surface area contributed by atoms with E-state index in [2.05, 4.69) is 0 Å². The van der Waals surface area contributed by atoms with Crippen LogP contribution in [-0.2, 0) is 6.42 Å². The molecule has 13 heavy (non-hydrogen) atoms. The second-order valence-electron chi connectivity index (χ2n) is 2.88. The van der Waals surface area contributed by atoms with E-state index in [0.717, 1.165) is 18.9 Å². The Morgan fingerprint density at radius 2 is 1.92 bits per heavy atom. The molecule has 1 rings (SSSR count). The lowest BCUT2D eigenvalue weighted by molar-refractivity contribution is 0.568. The van der Waals surface area contributed by atoms with Gasteiger partial charge in [0.25, 0.3) is 0 Å². The molecule has 0 aromatic heterocycles. The van der Waals surface area contributed by atoms with Gasteiger partial charge in [0.1, 0.15) is 11.6 Å². The molecule has 0 aliphatic carbocycles. The summed E-state index contributed by atoms with van der Waals surface area (Å²) in [6.45, 7) is 0. The first-order valence-electron chi connectivity index (χ1n) is 4.24. The Morgan fingerprint density at radius 3 is 2.54 bits per heavy atom. The van der Waals surface area contributed by atoms with Crippen molar-refractivity contribution in [1.82, 2.24) is 0 Å². The largest absolute Gasteiger partial charge is 0.207 e. The van der Waals surface area contributed by atoms with E-state index in [-0.39, 0.29) is 0 Å². The van der Waals surface area contributed by atoms with Crippen LogP contribution in [0.3, 0.4) is 0 Å². The monoisotopic (exact) mass is 204 g/mol. The quantitative estimate of drug-likeness (QED) is 0.520. The fraction of sp³-hybridized carbons (Fsp3) is 0.400. The molecule has 0 aliphatic rings. The molecule has 0 nitrogen and oxygen atoms in total. The highest BCUT2D eigenvalue weighted by Gasteiger charge is 2.02. The number of halogens is 3. The van der Waals surface area contributed by atoms with Gasteiger partial charge in [-0.1, -0.05) is 6.07 Å². The first kappa shape index (κ1) is 10.5. The lowest BCUT2D eigenvalue weighted by Crippen LogP contribution is -1.92. The predicted molar refractivity (Wildman–Crippen MR) is 50.0 cm³/mol. The van der Waals surface area contributed by atoms with E-state index in [1.54, 1.807) is 0 Å². The van der Waals surface area contributed by atoms with Crippen LogP contribution in [0.5, 0.6) is 0 Å². The van der Waals surface area contributed by atoms with Crippen molar-refractivity contribution in [2.75, 3.05) is 5.88 Å². The zero-order valence-corrected chi connectivity index (χ0v) is 7.95. The molecule has 0 saturated carbocycles. The first-order chi connectivity index (χ1) is 6.24. The molecule has 0 bridgehead atoms. The van der Waals surface area contributed by atoms with E-state index >= 15 is 0 Å². The van der Waals surface area contributed by atoms with Gasteiger partial charge in [0.2, 0.25) is 0 Å². The third-order valence-corrected chi connectivity index (χ3v) is 2.11. The molecule has 0 aliphatic heterocycles. The van der Waals surface area contributed by atoms with Crippen molar-refractivity contribution >= 4 is 11.6 Å². The lowest BCUT2D eigenvalue weighted by atomic mass is 10.1. The summed E-state index contributed by atoms with van der Waals surface area (Å²) in [7, 11) is 0. The van der Waals surface area contributed by atoms with Crippen LogP contribution in [0.25, 0.3) is 0 Å². The van der Waals surface area contributed by atoms with Gasteiger partial charge in [0.15, 0.2) is 0 Å². The Morgan fingerprint density at radius 1 is 1.15 bits per heavy atom. The topological polar surface area (TPSA) is 0 Å². The van der Waals surface area contributed by atoms with Crippen molar-refractivity contribution in [3.63, 3.8) is 0 Å². The second-order valence-corrected chi connectivity index (χ2v) is 3.26. The van der Waals surface area contributed by atoms with Gasteiger partial charge in [-0.25, -0.2) is 8.78 Å². The van der Waals surface area contributed by atoms with Crippen LogP contribution in [0.2, 0.25) is 0 Å². The van der Waals surface area contributed by atoms with Crippen LogP contribution in [0.4, 0.5) is 8.78 Å². The van der Waals surface area contributed by atoms with Gasteiger partial charge in [-0.05, 0) is 30.9 Å². The Balaban J connectivity index is 2.56. The molecular formula is C10H11ClF2. The van der Waals surface area contributed by atoms with E-state index in [1.807, 2.05) is 0 Å². The summed E-state index contributed by atoms with van der Waals surface area (Å²) in [5, 5.41) is 0. The predicted octanol–water partition coefficient (Wildman–Crippen LogP) is 3.53. The number of unbranched alkanes of at least 4 members (excludes halogenated alkanes) is 1. The maximum atomic E-state index is 13.0. The standard InChI is InChI=1S/C10H11ClF2/c11-6-2-1-3-8-4-5-9(12)7-10(8)13/h4-5,7H,1-3,6H2. The Bertz CT molecular complexity index is 274. The van der Waals surface area contributed by atoms with Crippen LogP contribution < -0.4 is 0 Å². The number of hydrogen-bond donors (Lipinski definition) is 0. The molecule has 0 fully saturated rings.